The first-order valence-electron chi connectivity index (χ1n) is 4.15. The van der Waals surface area contributed by atoms with E-state index in [-0.39, 0.29) is 11.4 Å². The molecule has 0 amide bonds. The smallest absolute Gasteiger partial charge is 0.270 e. The summed E-state index contributed by atoms with van der Waals surface area (Å²) in [4.78, 5) is 11.3. The van der Waals surface area contributed by atoms with Gasteiger partial charge in [0.2, 0.25) is 9.84 Å². The zero-order valence-corrected chi connectivity index (χ0v) is 8.39. The van der Waals surface area contributed by atoms with Crippen molar-refractivity contribution in [3.05, 3.63) is 23.8 Å². The molecule has 0 atom stereocenters. The molecule has 4 nitrogen and oxygen atoms in total. The highest BCUT2D eigenvalue weighted by Gasteiger charge is 2.32. The fraction of sp³-hybridized carbons (Fsp3) is 0.222. The Morgan fingerprint density at radius 1 is 1.36 bits per heavy atom. The van der Waals surface area contributed by atoms with Crippen LogP contribution in [0.25, 0.3) is 0 Å². The molecular weight excluding hydrogens is 202 g/mol. The minimum atomic E-state index is -3.75. The molecule has 2 rings (SSSR count). The number of carbonyl (C=O) groups excluding carboxylic acids is 1. The first-order chi connectivity index (χ1) is 6.53. The molecule has 1 N–H and O–H groups in total. The van der Waals surface area contributed by atoms with E-state index in [2.05, 4.69) is 5.32 Å². The van der Waals surface area contributed by atoms with Crippen LogP contribution in [-0.4, -0.2) is 20.1 Å². The van der Waals surface area contributed by atoms with Crippen molar-refractivity contribution >= 4 is 20.6 Å². The van der Waals surface area contributed by atoms with Gasteiger partial charge in [-0.2, -0.15) is 0 Å². The number of anilines is 1. The summed E-state index contributed by atoms with van der Waals surface area (Å²) in [6.07, 6.45) is 0. The molecule has 0 fully saturated rings. The van der Waals surface area contributed by atoms with E-state index in [1.165, 1.54) is 0 Å². The third-order valence-electron chi connectivity index (χ3n) is 2.20. The molecule has 1 aromatic carbocycles. The lowest BCUT2D eigenvalue weighted by molar-refractivity contribution is -0.110. The Kier molecular flexibility index (Phi) is 1.85. The molecule has 0 spiro atoms. The van der Waals surface area contributed by atoms with Gasteiger partial charge in [-0.25, -0.2) is 8.42 Å². The van der Waals surface area contributed by atoms with Gasteiger partial charge in [0.05, 0.1) is 12.2 Å². The number of hydrogen-bond acceptors (Lipinski definition) is 4. The normalized spacial score (nSPS) is 18.5. The molecule has 0 bridgehead atoms. The Labute approximate surface area is 81.9 Å². The summed E-state index contributed by atoms with van der Waals surface area (Å²) in [5.74, 6) is 0. The van der Waals surface area contributed by atoms with Crippen LogP contribution < -0.4 is 5.32 Å². The predicted octanol–water partition coefficient (Wildman–Crippen LogP) is 0.721. The van der Waals surface area contributed by atoms with E-state index in [9.17, 15) is 13.2 Å². The first-order valence-corrected chi connectivity index (χ1v) is 5.63. The molecule has 1 aliphatic heterocycles. The highest BCUT2D eigenvalue weighted by Crippen LogP contribution is 2.29. The van der Waals surface area contributed by atoms with Crippen molar-refractivity contribution in [1.29, 1.82) is 0 Å². The lowest BCUT2D eigenvalue weighted by Crippen LogP contribution is -2.30. The van der Waals surface area contributed by atoms with E-state index < -0.39 is 15.0 Å². The Morgan fingerprint density at radius 2 is 2.07 bits per heavy atom. The molecular formula is C9H9NO3S. The van der Waals surface area contributed by atoms with Crippen molar-refractivity contribution in [3.63, 3.8) is 0 Å². The van der Waals surface area contributed by atoms with Crippen molar-refractivity contribution in [3.8, 4) is 0 Å². The minimum Gasteiger partial charge on any atom is -0.376 e. The van der Waals surface area contributed by atoms with Crippen molar-refractivity contribution in [1.82, 2.24) is 0 Å². The summed E-state index contributed by atoms with van der Waals surface area (Å²) in [6.45, 7) is 1.54. The molecule has 0 aromatic heterocycles. The minimum absolute atomic E-state index is 0.122. The molecule has 0 saturated heterocycles. The van der Waals surface area contributed by atoms with Crippen LogP contribution in [0.5, 0.6) is 0 Å². The maximum absolute atomic E-state index is 11.6. The number of nitrogens with one attached hydrogen (secondary N) is 1. The number of benzene rings is 1. The average Bonchev–Trinajstić information content (AvgIpc) is 2.11. The second kappa shape index (κ2) is 2.81. The Morgan fingerprint density at radius 3 is 2.79 bits per heavy atom. The van der Waals surface area contributed by atoms with E-state index in [0.29, 0.717) is 11.3 Å². The average molecular weight is 211 g/mol. The van der Waals surface area contributed by atoms with Gasteiger partial charge >= 0.3 is 0 Å². The number of sulfone groups is 1. The maximum Gasteiger partial charge on any atom is 0.270 e. The van der Waals surface area contributed by atoms with Crippen LogP contribution >= 0.6 is 0 Å². The Bertz CT molecular complexity index is 505. The molecule has 5 heteroatoms. The topological polar surface area (TPSA) is 63.2 Å². The third kappa shape index (κ3) is 1.13. The number of fused-ring (bicyclic) bond motifs is 1. The van der Waals surface area contributed by atoms with Crippen LogP contribution in [-0.2, 0) is 14.6 Å². The van der Waals surface area contributed by atoms with Crippen molar-refractivity contribution in [2.75, 3.05) is 11.9 Å². The monoisotopic (exact) mass is 211 g/mol. The maximum atomic E-state index is 11.6. The molecule has 1 heterocycles. The molecule has 0 saturated carbocycles. The molecule has 0 unspecified atom stereocenters. The van der Waals surface area contributed by atoms with E-state index in [0.717, 1.165) is 0 Å². The summed E-state index contributed by atoms with van der Waals surface area (Å²) in [7, 11) is -3.75. The van der Waals surface area contributed by atoms with Gasteiger partial charge in [-0.1, -0.05) is 12.1 Å². The zero-order valence-electron chi connectivity index (χ0n) is 7.57. The van der Waals surface area contributed by atoms with Gasteiger partial charge in [0, 0.05) is 0 Å². The van der Waals surface area contributed by atoms with E-state index in [1.54, 1.807) is 25.1 Å². The lowest BCUT2D eigenvalue weighted by atomic mass is 10.2. The largest absolute Gasteiger partial charge is 0.376 e. The number of aryl methyl sites for hydroxylation is 1. The third-order valence-corrected chi connectivity index (χ3v) is 4.03. The molecule has 0 aliphatic carbocycles. The summed E-state index contributed by atoms with van der Waals surface area (Å²) in [5, 5.41) is 2.02. The number of carbonyl (C=O) groups is 1. The standard InChI is InChI=1S/C9H9NO3S/c1-6-3-2-4-7-9(6)14(12,13)8(11)5-10-7/h2-4,10H,5H2,1H3. The van der Waals surface area contributed by atoms with Crippen LogP contribution in [0.4, 0.5) is 5.69 Å². The fourth-order valence-corrected chi connectivity index (χ4v) is 2.94. The second-order valence-corrected chi connectivity index (χ2v) is 5.05. The van der Waals surface area contributed by atoms with Gasteiger partial charge < -0.3 is 5.32 Å². The molecule has 1 aliphatic rings. The highest BCUT2D eigenvalue weighted by atomic mass is 32.2. The highest BCUT2D eigenvalue weighted by molar-refractivity contribution is 8.06. The van der Waals surface area contributed by atoms with Gasteiger partial charge in [-0.15, -0.1) is 0 Å². The van der Waals surface area contributed by atoms with Crippen LogP contribution in [0.1, 0.15) is 5.56 Å². The van der Waals surface area contributed by atoms with Gasteiger partial charge in [-0.05, 0) is 18.6 Å². The fourth-order valence-electron chi connectivity index (χ4n) is 1.52. The molecule has 0 radical (unpaired) electrons. The quantitative estimate of drug-likeness (QED) is 0.686. The summed E-state index contributed by atoms with van der Waals surface area (Å²) in [6, 6.07) is 5.09. The summed E-state index contributed by atoms with van der Waals surface area (Å²) in [5.41, 5.74) is 1.12. The van der Waals surface area contributed by atoms with E-state index >= 15 is 0 Å². The van der Waals surface area contributed by atoms with Crippen LogP contribution in [0.2, 0.25) is 0 Å². The van der Waals surface area contributed by atoms with Crippen LogP contribution in [0.3, 0.4) is 0 Å². The van der Waals surface area contributed by atoms with Gasteiger partial charge in [0.15, 0.2) is 0 Å². The predicted molar refractivity (Wildman–Crippen MR) is 51.9 cm³/mol. The van der Waals surface area contributed by atoms with Crippen LogP contribution in [0.15, 0.2) is 23.1 Å². The van der Waals surface area contributed by atoms with Crippen molar-refractivity contribution in [2.45, 2.75) is 11.8 Å². The second-order valence-electron chi connectivity index (χ2n) is 3.18. The van der Waals surface area contributed by atoms with Gasteiger partial charge in [-0.3, -0.25) is 4.79 Å². The Balaban J connectivity index is 2.81. The van der Waals surface area contributed by atoms with Crippen LogP contribution in [0, 0.1) is 6.92 Å². The Hall–Kier alpha value is -1.36. The van der Waals surface area contributed by atoms with Crippen molar-refractivity contribution < 1.29 is 13.2 Å². The van der Waals surface area contributed by atoms with Crippen molar-refractivity contribution in [2.24, 2.45) is 0 Å². The summed E-state index contributed by atoms with van der Waals surface area (Å²) >= 11 is 0. The lowest BCUT2D eigenvalue weighted by Gasteiger charge is -2.18. The SMILES string of the molecule is Cc1cccc2c1S(=O)(=O)C(=O)CN2. The van der Waals surface area contributed by atoms with E-state index in [1.807, 2.05) is 0 Å². The van der Waals surface area contributed by atoms with E-state index in [4.69, 9.17) is 0 Å². The molecule has 74 valence electrons. The summed E-state index contributed by atoms with van der Waals surface area (Å²) < 4.78 is 23.3. The first kappa shape index (κ1) is 9.21. The number of rotatable bonds is 0. The molecule has 1 aromatic rings. The van der Waals surface area contributed by atoms with Gasteiger partial charge in [0.1, 0.15) is 4.90 Å². The number of hydrogen-bond donors (Lipinski definition) is 1. The zero-order chi connectivity index (χ0) is 10.3. The molecule has 14 heavy (non-hydrogen) atoms. The van der Waals surface area contributed by atoms with Gasteiger partial charge in [0.25, 0.3) is 5.12 Å².